The van der Waals surface area contributed by atoms with Gasteiger partial charge in [0.25, 0.3) is 16.3 Å². The molecule has 1 heterocycles. The van der Waals surface area contributed by atoms with Crippen LogP contribution in [-0.4, -0.2) is 22.5 Å². The van der Waals surface area contributed by atoms with Gasteiger partial charge in [0.15, 0.2) is 0 Å². The summed E-state index contributed by atoms with van der Waals surface area (Å²) in [7, 11) is 0. The molecule has 2 nitrogen and oxygen atoms in total. The van der Waals surface area contributed by atoms with Crippen LogP contribution < -0.4 is 5.43 Å². The van der Waals surface area contributed by atoms with Crippen LogP contribution in [-0.2, 0) is 0 Å². The summed E-state index contributed by atoms with van der Waals surface area (Å²) < 4.78 is 1.36. The molecule has 0 saturated heterocycles. The van der Waals surface area contributed by atoms with Crippen LogP contribution in [0.25, 0.3) is 0 Å². The molecular weight excluding hydrogens is 187 g/mol. The fourth-order valence-electron chi connectivity index (χ4n) is 2.07. The molecule has 1 aliphatic heterocycles. The SMILES string of the molecule is CC(C)C1=[C]([AlH2])NN=CC1C(C)(C)C. The molecule has 0 radical (unpaired) electrons. The molecule has 0 saturated carbocycles. The van der Waals surface area contributed by atoms with Crippen LogP contribution in [0.15, 0.2) is 15.2 Å². The highest BCUT2D eigenvalue weighted by Crippen LogP contribution is 2.36. The Morgan fingerprint density at radius 1 is 1.43 bits per heavy atom. The quantitative estimate of drug-likeness (QED) is 0.652. The molecule has 1 unspecified atom stereocenters. The number of hydrazone groups is 1. The predicted molar refractivity (Wildman–Crippen MR) is 65.0 cm³/mol. The van der Waals surface area contributed by atoms with E-state index in [1.54, 1.807) is 5.57 Å². The molecule has 0 amide bonds. The molecule has 0 aliphatic carbocycles. The van der Waals surface area contributed by atoms with Gasteiger partial charge in [0.05, 0.1) is 0 Å². The third-order valence-corrected chi connectivity index (χ3v) is 3.58. The standard InChI is InChI=1S/C11H19N2.Al.2H/c1-8(2)9-6-12-13-7-10(9)11(3,4)5;;;/h7-8,10,12H,1-5H3;;;. The van der Waals surface area contributed by atoms with Crippen molar-refractivity contribution in [2.24, 2.45) is 22.4 Å². The first-order valence-corrected chi connectivity index (χ1v) is 6.34. The van der Waals surface area contributed by atoms with Gasteiger partial charge in [-0.3, -0.25) is 0 Å². The average molecular weight is 208 g/mol. The van der Waals surface area contributed by atoms with Gasteiger partial charge in [-0.25, -0.2) is 0 Å². The zero-order chi connectivity index (χ0) is 10.9. The van der Waals surface area contributed by atoms with E-state index in [9.17, 15) is 0 Å². The second kappa shape index (κ2) is 4.08. The van der Waals surface area contributed by atoms with Crippen LogP contribution in [0, 0.1) is 17.3 Å². The van der Waals surface area contributed by atoms with E-state index >= 15 is 0 Å². The van der Waals surface area contributed by atoms with Crippen molar-refractivity contribution in [2.75, 3.05) is 0 Å². The van der Waals surface area contributed by atoms with Crippen LogP contribution >= 0.6 is 0 Å². The van der Waals surface area contributed by atoms with Gasteiger partial charge in [-0.15, -0.1) is 0 Å². The van der Waals surface area contributed by atoms with Crippen LogP contribution in [0.4, 0.5) is 0 Å². The minimum atomic E-state index is 0.279. The summed E-state index contributed by atoms with van der Waals surface area (Å²) in [6.07, 6.45) is 2.07. The Labute approximate surface area is 95.3 Å². The van der Waals surface area contributed by atoms with E-state index in [4.69, 9.17) is 0 Å². The van der Waals surface area contributed by atoms with E-state index in [0.717, 1.165) is 16.3 Å². The molecular formula is C11H21AlN2. The monoisotopic (exact) mass is 208 g/mol. The van der Waals surface area contributed by atoms with Crippen molar-refractivity contribution in [2.45, 2.75) is 34.6 Å². The zero-order valence-corrected chi connectivity index (χ0v) is 12.2. The Hall–Kier alpha value is -0.258. The van der Waals surface area contributed by atoms with Gasteiger partial charge in [-0.1, -0.05) is 40.2 Å². The molecule has 0 bridgehead atoms. The molecule has 1 aliphatic rings. The fraction of sp³-hybridized carbons (Fsp3) is 0.727. The molecule has 1 N–H and O–H groups in total. The summed E-state index contributed by atoms with van der Waals surface area (Å²) >= 11 is 1.06. The highest BCUT2D eigenvalue weighted by atomic mass is 27.0. The molecule has 78 valence electrons. The first kappa shape index (κ1) is 11.8. The minimum Gasteiger partial charge on any atom is -0.301 e. The maximum Gasteiger partial charge on any atom is 0.288 e. The van der Waals surface area contributed by atoms with Crippen LogP contribution in [0.5, 0.6) is 0 Å². The van der Waals surface area contributed by atoms with Crippen molar-refractivity contribution in [3.63, 3.8) is 0 Å². The summed E-state index contributed by atoms with van der Waals surface area (Å²) in [6, 6.07) is 0. The third kappa shape index (κ3) is 2.40. The maximum atomic E-state index is 4.24. The van der Waals surface area contributed by atoms with Gasteiger partial charge in [-0.05, 0) is 15.9 Å². The highest BCUT2D eigenvalue weighted by Gasteiger charge is 2.30. The van der Waals surface area contributed by atoms with Crippen LogP contribution in [0.2, 0.25) is 0 Å². The topological polar surface area (TPSA) is 24.4 Å². The van der Waals surface area contributed by atoms with Crippen molar-refractivity contribution >= 4 is 22.5 Å². The summed E-state index contributed by atoms with van der Waals surface area (Å²) in [5.74, 6) is 1.11. The van der Waals surface area contributed by atoms with Gasteiger partial charge in [0, 0.05) is 12.1 Å². The second-order valence-corrected chi connectivity index (χ2v) is 6.47. The first-order chi connectivity index (χ1) is 6.34. The zero-order valence-electron chi connectivity index (χ0n) is 10.2. The predicted octanol–water partition coefficient (Wildman–Crippen LogP) is 1.74. The van der Waals surface area contributed by atoms with Gasteiger partial charge >= 0.3 is 0 Å². The Balaban J connectivity index is 3.05. The second-order valence-electron chi connectivity index (χ2n) is 5.47. The lowest BCUT2D eigenvalue weighted by Crippen LogP contribution is -2.33. The fourth-order valence-corrected chi connectivity index (χ4v) is 3.09. The number of nitrogens with zero attached hydrogens (tertiary/aromatic N) is 1. The number of nitrogens with one attached hydrogen (secondary N) is 1. The lowest BCUT2D eigenvalue weighted by Gasteiger charge is -2.35. The number of hydrogen-bond donors (Lipinski definition) is 1. The van der Waals surface area contributed by atoms with Crippen molar-refractivity contribution in [1.82, 2.24) is 5.43 Å². The lowest BCUT2D eigenvalue weighted by molar-refractivity contribution is 0.331. The Morgan fingerprint density at radius 2 is 2.00 bits per heavy atom. The molecule has 0 aromatic heterocycles. The van der Waals surface area contributed by atoms with Crippen LogP contribution in [0.3, 0.4) is 0 Å². The van der Waals surface area contributed by atoms with Gasteiger partial charge in [-0.2, -0.15) is 5.10 Å². The molecule has 0 aromatic rings. The molecule has 0 aromatic carbocycles. The summed E-state index contributed by atoms with van der Waals surface area (Å²) in [4.78, 5) is 0. The van der Waals surface area contributed by atoms with Gasteiger partial charge in [0.2, 0.25) is 0 Å². The van der Waals surface area contributed by atoms with E-state index in [0.29, 0.717) is 11.8 Å². The number of allylic oxidation sites excluding steroid dienone is 1. The summed E-state index contributed by atoms with van der Waals surface area (Å²) in [5.41, 5.74) is 4.96. The van der Waals surface area contributed by atoms with E-state index in [1.165, 1.54) is 4.56 Å². The molecule has 1 atom stereocenters. The number of hydrogen-bond acceptors (Lipinski definition) is 2. The van der Waals surface area contributed by atoms with E-state index in [1.807, 2.05) is 0 Å². The van der Waals surface area contributed by atoms with E-state index in [-0.39, 0.29) is 5.41 Å². The average Bonchev–Trinajstić information content (AvgIpc) is 2.01. The molecule has 14 heavy (non-hydrogen) atoms. The van der Waals surface area contributed by atoms with Crippen LogP contribution in [0.1, 0.15) is 34.6 Å². The summed E-state index contributed by atoms with van der Waals surface area (Å²) in [6.45, 7) is 11.4. The van der Waals surface area contributed by atoms with Crippen molar-refractivity contribution in [3.05, 3.63) is 10.1 Å². The first-order valence-electron chi connectivity index (χ1n) is 5.34. The van der Waals surface area contributed by atoms with Gasteiger partial charge < -0.3 is 5.43 Å². The lowest BCUT2D eigenvalue weighted by atomic mass is 9.73. The van der Waals surface area contributed by atoms with Crippen molar-refractivity contribution in [1.29, 1.82) is 0 Å². The molecule has 0 fully saturated rings. The van der Waals surface area contributed by atoms with Crippen molar-refractivity contribution < 1.29 is 0 Å². The largest absolute Gasteiger partial charge is 0.301 e. The molecule has 3 heteroatoms. The smallest absolute Gasteiger partial charge is 0.288 e. The van der Waals surface area contributed by atoms with Crippen molar-refractivity contribution in [3.8, 4) is 0 Å². The van der Waals surface area contributed by atoms with E-state index < -0.39 is 0 Å². The molecule has 0 spiro atoms. The Bertz CT molecular complexity index is 272. The molecule has 1 rings (SSSR count). The maximum absolute atomic E-state index is 4.24. The third-order valence-electron chi connectivity index (χ3n) is 2.78. The normalized spacial score (nSPS) is 22.9. The summed E-state index contributed by atoms with van der Waals surface area (Å²) in [5, 5.41) is 4.24. The van der Waals surface area contributed by atoms with Gasteiger partial charge in [0.1, 0.15) is 0 Å². The highest BCUT2D eigenvalue weighted by molar-refractivity contribution is 6.22. The number of rotatable bonds is 1. The Kier molecular flexibility index (Phi) is 3.45. The minimum absolute atomic E-state index is 0.279. The Morgan fingerprint density at radius 3 is 2.36 bits per heavy atom. The van der Waals surface area contributed by atoms with E-state index in [2.05, 4.69) is 51.4 Å².